The second kappa shape index (κ2) is 7.90. The van der Waals surface area contributed by atoms with E-state index in [1.165, 1.54) is 33.3 Å². The molecule has 4 rings (SSSR count). The lowest BCUT2D eigenvalue weighted by Gasteiger charge is -2.09. The Hall–Kier alpha value is -3.81. The summed E-state index contributed by atoms with van der Waals surface area (Å²) in [6.45, 7) is 0.314. The Balaban J connectivity index is 1.56. The number of hydrogen-bond acceptors (Lipinski definition) is 3. The Morgan fingerprint density at radius 3 is 2.33 bits per heavy atom. The summed E-state index contributed by atoms with van der Waals surface area (Å²) in [4.78, 5) is 12.6. The smallest absolute Gasteiger partial charge is 0.406 e. The van der Waals surface area contributed by atoms with E-state index in [0.29, 0.717) is 23.3 Å². The number of alkyl halides is 3. The monoisotopic (exact) mass is 411 g/mol. The van der Waals surface area contributed by atoms with Gasteiger partial charge < -0.3 is 4.74 Å². The molecule has 0 N–H and O–H groups in total. The second-order valence-electron chi connectivity index (χ2n) is 6.50. The molecule has 0 amide bonds. The molecule has 0 saturated carbocycles. The summed E-state index contributed by atoms with van der Waals surface area (Å²) in [5, 5.41) is 4.30. The molecule has 0 aliphatic rings. The number of pyridine rings is 1. The van der Waals surface area contributed by atoms with Crippen LogP contribution in [0.25, 0.3) is 22.9 Å². The van der Waals surface area contributed by atoms with Crippen molar-refractivity contribution in [2.45, 2.75) is 12.9 Å². The highest BCUT2D eigenvalue weighted by Crippen LogP contribution is 2.26. The number of halogens is 3. The summed E-state index contributed by atoms with van der Waals surface area (Å²) in [5.74, 6) is -0.303. The van der Waals surface area contributed by atoms with E-state index in [4.69, 9.17) is 0 Å². The molecule has 4 aromatic rings. The highest BCUT2D eigenvalue weighted by molar-refractivity contribution is 5.65. The summed E-state index contributed by atoms with van der Waals surface area (Å²) >= 11 is 0. The summed E-state index contributed by atoms with van der Waals surface area (Å²) in [6, 6.07) is 18.6. The van der Waals surface area contributed by atoms with E-state index in [2.05, 4.69) is 9.84 Å². The van der Waals surface area contributed by atoms with E-state index >= 15 is 0 Å². The predicted octanol–water partition coefficient (Wildman–Crippen LogP) is 4.78. The summed E-state index contributed by atoms with van der Waals surface area (Å²) in [6.07, 6.45) is 0.634. The zero-order chi connectivity index (χ0) is 21.1. The maximum absolute atomic E-state index is 12.6. The van der Waals surface area contributed by atoms with E-state index < -0.39 is 6.36 Å². The number of allylic oxidation sites excluding steroid dienone is 1. The van der Waals surface area contributed by atoms with Gasteiger partial charge in [-0.15, -0.1) is 18.3 Å². The average Bonchev–Trinajstić information content (AvgIpc) is 3.03. The highest BCUT2D eigenvalue weighted by atomic mass is 19.4. The lowest BCUT2D eigenvalue weighted by Crippen LogP contribution is -2.20. The number of ether oxygens (including phenoxy) is 1. The molecule has 0 radical (unpaired) electrons. The summed E-state index contributed by atoms with van der Waals surface area (Å²) < 4.78 is 43.5. The first-order chi connectivity index (χ1) is 14.4. The van der Waals surface area contributed by atoms with Gasteiger partial charge in [0.25, 0.3) is 0 Å². The van der Waals surface area contributed by atoms with Gasteiger partial charge in [-0.2, -0.15) is 0 Å². The molecule has 152 valence electrons. The van der Waals surface area contributed by atoms with Crippen molar-refractivity contribution in [1.29, 1.82) is 0 Å². The minimum Gasteiger partial charge on any atom is -0.406 e. The molecule has 0 unspecified atom stereocenters. The lowest BCUT2D eigenvalue weighted by atomic mass is 10.1. The molecule has 2 aromatic heterocycles. The van der Waals surface area contributed by atoms with Gasteiger partial charge in [-0.25, -0.2) is 13.9 Å². The van der Waals surface area contributed by atoms with E-state index in [0.717, 1.165) is 5.56 Å². The Morgan fingerprint density at radius 1 is 0.933 bits per heavy atom. The van der Waals surface area contributed by atoms with Crippen molar-refractivity contribution in [3.8, 4) is 16.9 Å². The quantitative estimate of drug-likeness (QED) is 0.475. The van der Waals surface area contributed by atoms with E-state index in [1.54, 1.807) is 18.3 Å². The third-order valence-corrected chi connectivity index (χ3v) is 4.39. The van der Waals surface area contributed by atoms with E-state index in [1.807, 2.05) is 42.5 Å². The maximum Gasteiger partial charge on any atom is 0.573 e. The molecule has 0 atom stereocenters. The molecule has 30 heavy (non-hydrogen) atoms. The van der Waals surface area contributed by atoms with E-state index in [9.17, 15) is 18.0 Å². The van der Waals surface area contributed by atoms with Crippen LogP contribution in [-0.4, -0.2) is 20.5 Å². The molecular formula is C22H16F3N3O2. The fourth-order valence-electron chi connectivity index (χ4n) is 3.01. The van der Waals surface area contributed by atoms with Crippen LogP contribution in [0.5, 0.6) is 5.75 Å². The Labute approximate surface area is 169 Å². The predicted molar refractivity (Wildman–Crippen MR) is 107 cm³/mol. The van der Waals surface area contributed by atoms with Crippen molar-refractivity contribution in [3.63, 3.8) is 0 Å². The molecule has 0 saturated heterocycles. The molecule has 0 fully saturated rings. The topological polar surface area (TPSA) is 48.5 Å². The van der Waals surface area contributed by atoms with Crippen molar-refractivity contribution in [2.75, 3.05) is 0 Å². The van der Waals surface area contributed by atoms with Crippen molar-refractivity contribution >= 4 is 11.7 Å². The zero-order valence-corrected chi connectivity index (χ0v) is 15.6. The van der Waals surface area contributed by atoms with Gasteiger partial charge in [0.1, 0.15) is 5.75 Å². The number of rotatable bonds is 5. The summed E-state index contributed by atoms with van der Waals surface area (Å²) in [7, 11) is 0. The van der Waals surface area contributed by atoms with Crippen molar-refractivity contribution in [1.82, 2.24) is 14.2 Å². The number of nitrogens with zero attached hydrogens (tertiary/aromatic N) is 3. The van der Waals surface area contributed by atoms with Crippen LogP contribution in [0.4, 0.5) is 13.2 Å². The minimum atomic E-state index is -4.74. The standard InChI is InChI=1S/C22H16F3N3O2/c23-22(24,25)30-19-11-8-17(9-12-19)18-10-13-20-26-28(21(29)27(20)15-18)14-4-7-16-5-2-1-3-6-16/h1-13,15H,14H2. The molecule has 0 aliphatic heterocycles. The van der Waals surface area contributed by atoms with Crippen LogP contribution in [0.15, 0.2) is 83.8 Å². The van der Waals surface area contributed by atoms with Crippen LogP contribution in [0.2, 0.25) is 0 Å². The van der Waals surface area contributed by atoms with Crippen molar-refractivity contribution < 1.29 is 17.9 Å². The third-order valence-electron chi connectivity index (χ3n) is 4.39. The van der Waals surface area contributed by atoms with Gasteiger partial charge in [0.2, 0.25) is 0 Å². The molecule has 0 aliphatic carbocycles. The number of aromatic nitrogens is 3. The Morgan fingerprint density at radius 2 is 1.63 bits per heavy atom. The van der Waals surface area contributed by atoms with Gasteiger partial charge in [0, 0.05) is 6.20 Å². The fraction of sp³-hybridized carbons (Fsp3) is 0.0909. The van der Waals surface area contributed by atoms with Crippen LogP contribution < -0.4 is 10.4 Å². The fourth-order valence-corrected chi connectivity index (χ4v) is 3.01. The molecule has 0 spiro atoms. The largest absolute Gasteiger partial charge is 0.573 e. The van der Waals surface area contributed by atoms with Crippen LogP contribution >= 0.6 is 0 Å². The van der Waals surface area contributed by atoms with Gasteiger partial charge in [-0.05, 0) is 41.0 Å². The SMILES string of the molecule is O=c1n(CC=Cc2ccccc2)nc2ccc(-c3ccc(OC(F)(F)F)cc3)cn12. The second-order valence-corrected chi connectivity index (χ2v) is 6.50. The van der Waals surface area contributed by atoms with Crippen molar-refractivity contribution in [3.05, 3.63) is 95.1 Å². The van der Waals surface area contributed by atoms with Crippen LogP contribution in [0, 0.1) is 0 Å². The van der Waals surface area contributed by atoms with Gasteiger partial charge in [0.15, 0.2) is 5.65 Å². The summed E-state index contributed by atoms with van der Waals surface area (Å²) in [5.41, 5.74) is 2.52. The van der Waals surface area contributed by atoms with Crippen molar-refractivity contribution in [2.24, 2.45) is 0 Å². The average molecular weight is 411 g/mol. The number of fused-ring (bicyclic) bond motifs is 1. The molecule has 5 nitrogen and oxygen atoms in total. The first-order valence-electron chi connectivity index (χ1n) is 9.06. The number of hydrogen-bond donors (Lipinski definition) is 0. The van der Waals surface area contributed by atoms with Gasteiger partial charge >= 0.3 is 12.1 Å². The number of benzene rings is 2. The Bertz CT molecular complexity index is 1240. The first kappa shape index (κ1) is 19.5. The molecule has 8 heteroatoms. The maximum atomic E-state index is 12.6. The highest BCUT2D eigenvalue weighted by Gasteiger charge is 2.30. The third kappa shape index (κ3) is 4.43. The van der Waals surface area contributed by atoms with E-state index in [-0.39, 0.29) is 11.4 Å². The zero-order valence-electron chi connectivity index (χ0n) is 15.6. The molecule has 2 heterocycles. The van der Waals surface area contributed by atoms with Crippen LogP contribution in [0.3, 0.4) is 0 Å². The first-order valence-corrected chi connectivity index (χ1v) is 9.06. The van der Waals surface area contributed by atoms with Crippen LogP contribution in [-0.2, 0) is 6.54 Å². The normalized spacial score (nSPS) is 12.0. The Kier molecular flexibility index (Phi) is 5.14. The van der Waals surface area contributed by atoms with Gasteiger partial charge in [-0.1, -0.05) is 54.6 Å². The molecule has 2 aromatic carbocycles. The molecule has 0 bridgehead atoms. The molecular weight excluding hydrogens is 395 g/mol. The lowest BCUT2D eigenvalue weighted by molar-refractivity contribution is -0.274. The van der Waals surface area contributed by atoms with Gasteiger partial charge in [-0.3, -0.25) is 0 Å². The van der Waals surface area contributed by atoms with Crippen LogP contribution in [0.1, 0.15) is 5.56 Å². The minimum absolute atomic E-state index is 0.303. The van der Waals surface area contributed by atoms with Gasteiger partial charge in [0.05, 0.1) is 6.54 Å².